The number of aryl methyl sites for hydroxylation is 2. The van der Waals surface area contributed by atoms with Crippen molar-refractivity contribution in [2.45, 2.75) is 38.7 Å². The fraction of sp³-hybridized carbons (Fsp3) is 0.300. The zero-order chi connectivity index (χ0) is 21.8. The summed E-state index contributed by atoms with van der Waals surface area (Å²) in [7, 11) is -2.41. The zero-order valence-electron chi connectivity index (χ0n) is 17.0. The van der Waals surface area contributed by atoms with E-state index >= 15 is 0 Å². The molecule has 2 rings (SSSR count). The number of rotatable bonds is 6. The number of amides is 2. The monoisotopic (exact) mass is 419 g/mol. The van der Waals surface area contributed by atoms with Gasteiger partial charge in [0.15, 0.2) is 6.10 Å². The third kappa shape index (κ3) is 5.33. The van der Waals surface area contributed by atoms with E-state index in [2.05, 4.69) is 15.6 Å². The first-order valence-corrected chi connectivity index (χ1v) is 10.4. The highest BCUT2D eigenvalue weighted by Crippen LogP contribution is 2.21. The van der Waals surface area contributed by atoms with E-state index in [0.29, 0.717) is 11.3 Å². The van der Waals surface area contributed by atoms with Crippen LogP contribution in [0.3, 0.4) is 0 Å². The van der Waals surface area contributed by atoms with Gasteiger partial charge >= 0.3 is 0 Å². The quantitative estimate of drug-likeness (QED) is 0.618. The summed E-state index contributed by atoms with van der Waals surface area (Å²) in [5.41, 5.74) is 7.25. The molecular formula is C20H25N3O5S. The number of ether oxygens (including phenoxy) is 1. The second-order valence-electron chi connectivity index (χ2n) is 6.59. The van der Waals surface area contributed by atoms with E-state index in [4.69, 9.17) is 4.74 Å². The molecule has 0 spiro atoms. The van der Waals surface area contributed by atoms with Gasteiger partial charge in [0.05, 0.1) is 4.90 Å². The minimum atomic E-state index is -3.70. The zero-order valence-corrected chi connectivity index (χ0v) is 17.8. The maximum absolute atomic E-state index is 12.4. The molecule has 2 amide bonds. The molecule has 0 aromatic heterocycles. The number of nitrogens with one attached hydrogen (secondary N) is 3. The van der Waals surface area contributed by atoms with Crippen LogP contribution in [0.5, 0.6) is 5.75 Å². The second kappa shape index (κ2) is 9.06. The van der Waals surface area contributed by atoms with Crippen LogP contribution in [0, 0.1) is 20.8 Å². The Morgan fingerprint density at radius 2 is 1.69 bits per heavy atom. The predicted molar refractivity (Wildman–Crippen MR) is 109 cm³/mol. The lowest BCUT2D eigenvalue weighted by molar-refractivity contribution is -0.128. The summed E-state index contributed by atoms with van der Waals surface area (Å²) in [5.74, 6) is -0.598. The van der Waals surface area contributed by atoms with Gasteiger partial charge in [0.1, 0.15) is 5.75 Å². The maximum Gasteiger partial charge on any atom is 0.279 e. The van der Waals surface area contributed by atoms with Gasteiger partial charge in [0.25, 0.3) is 11.8 Å². The summed E-state index contributed by atoms with van der Waals surface area (Å²) in [6.07, 6.45) is -0.854. The molecule has 0 radical (unpaired) electrons. The molecular weight excluding hydrogens is 394 g/mol. The van der Waals surface area contributed by atoms with Crippen LogP contribution in [0.4, 0.5) is 0 Å². The first-order chi connectivity index (χ1) is 13.6. The summed E-state index contributed by atoms with van der Waals surface area (Å²) < 4.78 is 31.7. The van der Waals surface area contributed by atoms with Crippen molar-refractivity contribution in [3.05, 3.63) is 58.7 Å². The minimum Gasteiger partial charge on any atom is -0.481 e. The van der Waals surface area contributed by atoms with Gasteiger partial charge in [-0.2, -0.15) is 0 Å². The molecule has 0 aliphatic carbocycles. The first-order valence-electron chi connectivity index (χ1n) is 8.94. The molecule has 0 fully saturated rings. The molecule has 0 saturated carbocycles. The Kier molecular flexibility index (Phi) is 6.99. The van der Waals surface area contributed by atoms with Gasteiger partial charge in [-0.1, -0.05) is 18.2 Å². The van der Waals surface area contributed by atoms with Crippen molar-refractivity contribution in [1.29, 1.82) is 0 Å². The van der Waals surface area contributed by atoms with Crippen LogP contribution in [0.1, 0.15) is 34.0 Å². The first kappa shape index (κ1) is 22.4. The Bertz CT molecular complexity index is 1030. The topological polar surface area (TPSA) is 114 Å². The van der Waals surface area contributed by atoms with E-state index in [1.165, 1.54) is 25.2 Å². The molecule has 156 valence electrons. The Balaban J connectivity index is 2.06. The van der Waals surface area contributed by atoms with Gasteiger partial charge in [0.2, 0.25) is 10.0 Å². The molecule has 9 heteroatoms. The smallest absolute Gasteiger partial charge is 0.279 e. The highest BCUT2D eigenvalue weighted by molar-refractivity contribution is 7.89. The van der Waals surface area contributed by atoms with E-state index in [9.17, 15) is 18.0 Å². The van der Waals surface area contributed by atoms with Crippen molar-refractivity contribution in [1.82, 2.24) is 15.6 Å². The number of hydrogen-bond acceptors (Lipinski definition) is 5. The Morgan fingerprint density at radius 1 is 1.00 bits per heavy atom. The number of sulfonamides is 1. The molecule has 0 aliphatic heterocycles. The molecule has 0 bridgehead atoms. The molecule has 3 N–H and O–H groups in total. The van der Waals surface area contributed by atoms with Gasteiger partial charge in [-0.05, 0) is 69.6 Å². The summed E-state index contributed by atoms with van der Waals surface area (Å²) in [5, 5.41) is 0. The van der Waals surface area contributed by atoms with E-state index in [1.807, 2.05) is 26.0 Å². The lowest BCUT2D eigenvalue weighted by Crippen LogP contribution is -2.47. The van der Waals surface area contributed by atoms with Crippen molar-refractivity contribution in [3.63, 3.8) is 0 Å². The van der Waals surface area contributed by atoms with Gasteiger partial charge in [-0.15, -0.1) is 0 Å². The second-order valence-corrected chi connectivity index (χ2v) is 8.47. The van der Waals surface area contributed by atoms with E-state index in [1.54, 1.807) is 19.9 Å². The molecule has 0 saturated heterocycles. The van der Waals surface area contributed by atoms with Gasteiger partial charge in [-0.25, -0.2) is 13.1 Å². The van der Waals surface area contributed by atoms with E-state index < -0.39 is 27.9 Å². The van der Waals surface area contributed by atoms with Crippen LogP contribution in [-0.4, -0.2) is 33.4 Å². The fourth-order valence-electron chi connectivity index (χ4n) is 2.51. The Labute approximate surface area is 170 Å². The van der Waals surface area contributed by atoms with Crippen molar-refractivity contribution >= 4 is 21.8 Å². The molecule has 29 heavy (non-hydrogen) atoms. The van der Waals surface area contributed by atoms with Gasteiger partial charge in [-0.3, -0.25) is 20.4 Å². The average molecular weight is 420 g/mol. The molecule has 2 aromatic rings. The Morgan fingerprint density at radius 3 is 2.34 bits per heavy atom. The van der Waals surface area contributed by atoms with Crippen LogP contribution < -0.4 is 20.3 Å². The lowest BCUT2D eigenvalue weighted by atomic mass is 10.1. The SMILES string of the molecule is CNS(=O)(=O)c1ccc(C)c(C(=O)NNC(=O)[C@@H](C)Oc2cccc(C)c2C)c1. The minimum absolute atomic E-state index is 0.0475. The normalized spacial score (nSPS) is 12.2. The summed E-state index contributed by atoms with van der Waals surface area (Å²) in [6, 6.07) is 9.71. The highest BCUT2D eigenvalue weighted by Gasteiger charge is 2.19. The third-order valence-corrected chi connectivity index (χ3v) is 5.97. The predicted octanol–water partition coefficient (Wildman–Crippen LogP) is 1.75. The van der Waals surface area contributed by atoms with Crippen LogP contribution in [-0.2, 0) is 14.8 Å². The van der Waals surface area contributed by atoms with Crippen molar-refractivity contribution in [3.8, 4) is 5.75 Å². The number of benzene rings is 2. The van der Waals surface area contributed by atoms with E-state index in [0.717, 1.165) is 11.1 Å². The Hall–Kier alpha value is -2.91. The van der Waals surface area contributed by atoms with Crippen LogP contribution >= 0.6 is 0 Å². The molecule has 8 nitrogen and oxygen atoms in total. The van der Waals surface area contributed by atoms with E-state index in [-0.39, 0.29) is 10.5 Å². The largest absolute Gasteiger partial charge is 0.481 e. The number of carbonyl (C=O) groups is 2. The molecule has 1 atom stereocenters. The van der Waals surface area contributed by atoms with Crippen LogP contribution in [0.25, 0.3) is 0 Å². The number of hydrazine groups is 1. The van der Waals surface area contributed by atoms with Crippen LogP contribution in [0.15, 0.2) is 41.3 Å². The van der Waals surface area contributed by atoms with Crippen molar-refractivity contribution < 1.29 is 22.7 Å². The summed E-state index contributed by atoms with van der Waals surface area (Å²) in [6.45, 7) is 7.07. The molecule has 0 unspecified atom stereocenters. The third-order valence-electron chi connectivity index (χ3n) is 4.56. The summed E-state index contributed by atoms with van der Waals surface area (Å²) >= 11 is 0. The molecule has 2 aromatic carbocycles. The average Bonchev–Trinajstić information content (AvgIpc) is 2.69. The number of hydrogen-bond donors (Lipinski definition) is 3. The van der Waals surface area contributed by atoms with Gasteiger partial charge in [0, 0.05) is 5.56 Å². The fourth-order valence-corrected chi connectivity index (χ4v) is 3.27. The van der Waals surface area contributed by atoms with Crippen molar-refractivity contribution in [2.75, 3.05) is 7.05 Å². The lowest BCUT2D eigenvalue weighted by Gasteiger charge is -2.17. The molecule has 0 aliphatic rings. The molecule has 0 heterocycles. The maximum atomic E-state index is 12.4. The van der Waals surface area contributed by atoms with Crippen LogP contribution in [0.2, 0.25) is 0 Å². The number of carbonyl (C=O) groups excluding carboxylic acids is 2. The summed E-state index contributed by atoms with van der Waals surface area (Å²) in [4.78, 5) is 24.7. The van der Waals surface area contributed by atoms with Crippen molar-refractivity contribution in [2.24, 2.45) is 0 Å². The highest BCUT2D eigenvalue weighted by atomic mass is 32.2. The van der Waals surface area contributed by atoms with Gasteiger partial charge < -0.3 is 4.74 Å². The standard InChI is InChI=1S/C20H25N3O5S/c1-12-7-6-8-18(14(12)3)28-15(4)19(24)22-23-20(25)17-11-16(10-9-13(17)2)29(26,27)21-5/h6-11,15,21H,1-5H3,(H,22,24)(H,23,25)/t15-/m1/s1.